The maximum absolute atomic E-state index is 15.2. The fourth-order valence-electron chi connectivity index (χ4n) is 4.37. The van der Waals surface area contributed by atoms with Gasteiger partial charge in [-0.05, 0) is 42.3 Å². The van der Waals surface area contributed by atoms with E-state index in [4.69, 9.17) is 9.47 Å². The molecular weight excluding hydrogens is 530 g/mol. The van der Waals surface area contributed by atoms with Gasteiger partial charge in [-0.3, -0.25) is 19.2 Å². The van der Waals surface area contributed by atoms with Gasteiger partial charge in [0.25, 0.3) is 0 Å². The number of fused-ring (bicyclic) bond motifs is 1. The van der Waals surface area contributed by atoms with Gasteiger partial charge in [0.2, 0.25) is 0 Å². The minimum atomic E-state index is -0.684. The molecule has 0 N–H and O–H groups in total. The van der Waals surface area contributed by atoms with Crippen molar-refractivity contribution in [1.29, 1.82) is 0 Å². The molecule has 0 unspecified atom stereocenters. The average Bonchev–Trinajstić information content (AvgIpc) is 2.95. The molecule has 0 amide bonds. The third-order valence-corrected chi connectivity index (χ3v) is 6.55. The van der Waals surface area contributed by atoms with Crippen LogP contribution in [0, 0.1) is 18.6 Å². The van der Waals surface area contributed by atoms with Gasteiger partial charge < -0.3 is 14.5 Å². The maximum Gasteiger partial charge on any atom is 0.200 e. The highest BCUT2D eigenvalue weighted by Crippen LogP contribution is 2.32. The summed E-state index contributed by atoms with van der Waals surface area (Å²) >= 11 is 0. The van der Waals surface area contributed by atoms with Gasteiger partial charge in [-0.15, -0.1) is 0 Å². The predicted octanol–water partition coefficient (Wildman–Crippen LogP) is 5.47. The van der Waals surface area contributed by atoms with Crippen molar-refractivity contribution in [2.24, 2.45) is 0 Å². The number of nitrogens with zero attached hydrogens (tertiary/aromatic N) is 4. The number of benzene rings is 2. The first kappa shape index (κ1) is 27.4. The second-order valence-electron chi connectivity index (χ2n) is 9.57. The van der Waals surface area contributed by atoms with Gasteiger partial charge in [0.05, 0.1) is 23.9 Å². The van der Waals surface area contributed by atoms with Crippen LogP contribution in [0.3, 0.4) is 0 Å². The molecule has 0 spiro atoms. The summed E-state index contributed by atoms with van der Waals surface area (Å²) in [4.78, 5) is 35.4. The molecule has 41 heavy (non-hydrogen) atoms. The molecule has 0 bridgehead atoms. The molecule has 0 aliphatic rings. The molecule has 0 aliphatic heterocycles. The van der Waals surface area contributed by atoms with Crippen LogP contribution in [0.2, 0.25) is 0 Å². The Morgan fingerprint density at radius 3 is 2.41 bits per heavy atom. The van der Waals surface area contributed by atoms with Crippen LogP contribution in [-0.4, -0.2) is 41.6 Å². The first-order valence-electron chi connectivity index (χ1n) is 12.6. The third kappa shape index (κ3) is 5.62. The van der Waals surface area contributed by atoms with Crippen molar-refractivity contribution in [2.75, 3.05) is 26.2 Å². The predicted molar refractivity (Wildman–Crippen MR) is 151 cm³/mol. The number of pyridine rings is 3. The highest BCUT2D eigenvalue weighted by Gasteiger charge is 2.19. The second kappa shape index (κ2) is 11.2. The van der Waals surface area contributed by atoms with Crippen LogP contribution in [0.25, 0.3) is 22.2 Å². The fraction of sp³-hybridized carbons (Fsp3) is 0.161. The van der Waals surface area contributed by atoms with E-state index in [1.165, 1.54) is 55.9 Å². The number of methoxy groups -OCH3 is 1. The Bertz CT molecular complexity index is 1840. The zero-order valence-corrected chi connectivity index (χ0v) is 22.8. The van der Waals surface area contributed by atoms with E-state index in [0.29, 0.717) is 39.4 Å². The number of ketones is 1. The summed E-state index contributed by atoms with van der Waals surface area (Å²) in [7, 11) is 5.04. The highest BCUT2D eigenvalue weighted by molar-refractivity contribution is 5.98. The smallest absolute Gasteiger partial charge is 0.200 e. The maximum atomic E-state index is 15.2. The second-order valence-corrected chi connectivity index (χ2v) is 9.57. The third-order valence-electron chi connectivity index (χ3n) is 6.55. The molecule has 5 rings (SSSR count). The molecule has 0 fully saturated rings. The van der Waals surface area contributed by atoms with E-state index >= 15 is 4.39 Å². The van der Waals surface area contributed by atoms with Gasteiger partial charge in [-0.1, -0.05) is 18.2 Å². The Balaban J connectivity index is 1.42. The Morgan fingerprint density at radius 1 is 0.976 bits per heavy atom. The molecule has 3 aromatic heterocycles. The number of halogens is 2. The van der Waals surface area contributed by atoms with Gasteiger partial charge in [0.15, 0.2) is 28.5 Å². The van der Waals surface area contributed by atoms with Crippen LogP contribution in [0.5, 0.6) is 17.2 Å². The molecule has 0 radical (unpaired) electrons. The normalized spacial score (nSPS) is 11.0. The number of aryl methyl sites for hydroxylation is 1. The minimum Gasteiger partial charge on any atom is -0.495 e. The molecule has 8 nitrogen and oxygen atoms in total. The summed E-state index contributed by atoms with van der Waals surface area (Å²) in [5.74, 6) is -0.787. The molecular formula is C31H26F2N4O4. The standard InChI is InChI=1S/C31H26F2N4O4/c1-18-29(40-4)15-25-30(35-18)28(11-12-34-25)41-27-10-5-19(13-24(27)33)14-26(38)23-17-37(36(2)3)16-22(31(23)39)20-6-8-21(32)9-7-20/h5-13,15-17H,14H2,1-4H3. The van der Waals surface area contributed by atoms with E-state index in [1.54, 1.807) is 55.1 Å². The molecule has 3 heterocycles. The van der Waals surface area contributed by atoms with E-state index in [9.17, 15) is 14.0 Å². The number of hydrogen-bond donors (Lipinski definition) is 0. The molecule has 0 saturated carbocycles. The van der Waals surface area contributed by atoms with Crippen molar-refractivity contribution in [1.82, 2.24) is 14.6 Å². The summed E-state index contributed by atoms with van der Waals surface area (Å²) in [5, 5.41) is 1.68. The van der Waals surface area contributed by atoms with Gasteiger partial charge in [0, 0.05) is 56.8 Å². The van der Waals surface area contributed by atoms with E-state index in [2.05, 4.69) is 9.97 Å². The summed E-state index contributed by atoms with van der Waals surface area (Å²) in [6.45, 7) is 1.78. The van der Waals surface area contributed by atoms with Gasteiger partial charge >= 0.3 is 0 Å². The molecule has 10 heteroatoms. The first-order valence-corrected chi connectivity index (χ1v) is 12.6. The molecule has 0 atom stereocenters. The fourth-order valence-corrected chi connectivity index (χ4v) is 4.37. The van der Waals surface area contributed by atoms with Crippen LogP contribution >= 0.6 is 0 Å². The van der Waals surface area contributed by atoms with Crippen molar-refractivity contribution >= 4 is 16.8 Å². The van der Waals surface area contributed by atoms with Crippen molar-refractivity contribution in [3.8, 4) is 28.4 Å². The zero-order chi connectivity index (χ0) is 29.3. The van der Waals surface area contributed by atoms with Crippen molar-refractivity contribution in [2.45, 2.75) is 13.3 Å². The number of hydrogen-bond acceptors (Lipinski definition) is 7. The monoisotopic (exact) mass is 556 g/mol. The summed E-state index contributed by atoms with van der Waals surface area (Å²) in [6.07, 6.45) is 4.32. The number of ether oxygens (including phenoxy) is 2. The number of rotatable bonds is 8. The average molecular weight is 557 g/mol. The zero-order valence-electron chi connectivity index (χ0n) is 22.8. The quantitative estimate of drug-likeness (QED) is 0.234. The molecule has 208 valence electrons. The molecule has 2 aromatic carbocycles. The van der Waals surface area contributed by atoms with Crippen LogP contribution < -0.4 is 19.9 Å². The van der Waals surface area contributed by atoms with Crippen LogP contribution in [0.4, 0.5) is 8.78 Å². The van der Waals surface area contributed by atoms with Crippen molar-refractivity contribution < 1.29 is 23.0 Å². The number of aromatic nitrogens is 3. The summed E-state index contributed by atoms with van der Waals surface area (Å²) < 4.78 is 41.4. The van der Waals surface area contributed by atoms with E-state index in [-0.39, 0.29) is 23.3 Å². The highest BCUT2D eigenvalue weighted by atomic mass is 19.1. The van der Waals surface area contributed by atoms with Gasteiger partial charge in [-0.25, -0.2) is 13.8 Å². The number of carbonyl (C=O) groups is 1. The van der Waals surface area contributed by atoms with Gasteiger partial charge in [-0.2, -0.15) is 0 Å². The molecule has 5 aromatic rings. The Labute approximate surface area is 234 Å². The lowest BCUT2D eigenvalue weighted by molar-refractivity contribution is 0.0991. The molecule has 0 aliphatic carbocycles. The lowest BCUT2D eigenvalue weighted by Crippen LogP contribution is -2.29. The molecule has 0 saturated heterocycles. The lowest BCUT2D eigenvalue weighted by atomic mass is 10.00. The SMILES string of the molecule is COc1cc2nccc(Oc3ccc(CC(=O)c4cn(N(C)C)cc(-c5ccc(F)cc5)c4=O)cc3F)c2nc1C. The summed E-state index contributed by atoms with van der Waals surface area (Å²) in [6, 6.07) is 13.0. The first-order chi connectivity index (χ1) is 19.6. The number of carbonyl (C=O) groups excluding carboxylic acids is 1. The minimum absolute atomic E-state index is 0.0581. The Kier molecular flexibility index (Phi) is 7.47. The lowest BCUT2D eigenvalue weighted by Gasteiger charge is -2.19. The largest absolute Gasteiger partial charge is 0.495 e. The Morgan fingerprint density at radius 2 is 1.73 bits per heavy atom. The summed E-state index contributed by atoms with van der Waals surface area (Å²) in [5.41, 5.74) is 2.11. The van der Waals surface area contributed by atoms with Crippen molar-refractivity contribution in [3.63, 3.8) is 0 Å². The van der Waals surface area contributed by atoms with Crippen LogP contribution in [0.15, 0.2) is 78.0 Å². The van der Waals surface area contributed by atoms with Crippen LogP contribution in [-0.2, 0) is 6.42 Å². The Hall–Kier alpha value is -5.12. The van der Waals surface area contributed by atoms with Gasteiger partial charge in [0.1, 0.15) is 17.1 Å². The topological polar surface area (TPSA) is 86.5 Å². The number of Topliss-reactive ketones (excluding diaryl/α,β-unsaturated/α-hetero) is 1. The van der Waals surface area contributed by atoms with Crippen LogP contribution in [0.1, 0.15) is 21.6 Å². The van der Waals surface area contributed by atoms with E-state index in [1.807, 2.05) is 0 Å². The van der Waals surface area contributed by atoms with Crippen molar-refractivity contribution in [3.05, 3.63) is 112 Å². The van der Waals surface area contributed by atoms with E-state index in [0.717, 1.165) is 0 Å². The van der Waals surface area contributed by atoms with E-state index < -0.39 is 22.8 Å².